The van der Waals surface area contributed by atoms with Crippen molar-refractivity contribution in [2.45, 2.75) is 27.7 Å². The van der Waals surface area contributed by atoms with Gasteiger partial charge in [-0.2, -0.15) is 5.26 Å². The third kappa shape index (κ3) is 3.45. The molecule has 1 unspecified atom stereocenters. The molecular formula is C14H19FN2. The highest BCUT2D eigenvalue weighted by atomic mass is 19.1. The van der Waals surface area contributed by atoms with Crippen molar-refractivity contribution in [3.8, 4) is 6.07 Å². The number of rotatable bonds is 3. The first-order valence-corrected chi connectivity index (χ1v) is 5.78. The maximum atomic E-state index is 13.3. The van der Waals surface area contributed by atoms with E-state index < -0.39 is 5.82 Å². The van der Waals surface area contributed by atoms with Crippen LogP contribution in [0.15, 0.2) is 18.2 Å². The standard InChI is InChI=1S/C14H19FN2/c1-10(14(2,3)4)9-17-13-7-5-6-12(15)11(13)8-16/h5-7,10,17H,9H2,1-4H3. The molecule has 0 amide bonds. The number of halogens is 1. The fraction of sp³-hybridized carbons (Fsp3) is 0.500. The summed E-state index contributed by atoms with van der Waals surface area (Å²) in [5.41, 5.74) is 0.852. The van der Waals surface area contributed by atoms with Gasteiger partial charge in [-0.05, 0) is 23.5 Å². The molecule has 1 atom stereocenters. The van der Waals surface area contributed by atoms with Gasteiger partial charge in [0.1, 0.15) is 17.4 Å². The van der Waals surface area contributed by atoms with E-state index in [1.165, 1.54) is 6.07 Å². The van der Waals surface area contributed by atoms with Crippen LogP contribution in [0, 0.1) is 28.5 Å². The van der Waals surface area contributed by atoms with Gasteiger partial charge in [0.25, 0.3) is 0 Å². The minimum atomic E-state index is -0.471. The summed E-state index contributed by atoms with van der Waals surface area (Å²) in [7, 11) is 0. The fourth-order valence-electron chi connectivity index (χ4n) is 1.35. The van der Waals surface area contributed by atoms with Gasteiger partial charge in [-0.3, -0.25) is 0 Å². The number of nitrogens with zero attached hydrogens (tertiary/aromatic N) is 1. The highest BCUT2D eigenvalue weighted by Gasteiger charge is 2.20. The summed E-state index contributed by atoms with van der Waals surface area (Å²) in [5.74, 6) is -0.0433. The largest absolute Gasteiger partial charge is 0.384 e. The van der Waals surface area contributed by atoms with Gasteiger partial charge in [0.2, 0.25) is 0 Å². The molecule has 0 radical (unpaired) electrons. The number of nitriles is 1. The molecule has 0 aliphatic carbocycles. The van der Waals surface area contributed by atoms with Crippen molar-refractivity contribution in [2.75, 3.05) is 11.9 Å². The summed E-state index contributed by atoms with van der Waals surface area (Å²) in [6, 6.07) is 6.54. The van der Waals surface area contributed by atoms with Crippen LogP contribution in [0.4, 0.5) is 10.1 Å². The highest BCUT2D eigenvalue weighted by Crippen LogP contribution is 2.26. The second-order valence-electron chi connectivity index (χ2n) is 5.42. The predicted molar refractivity (Wildman–Crippen MR) is 68.2 cm³/mol. The maximum Gasteiger partial charge on any atom is 0.143 e. The average molecular weight is 234 g/mol. The van der Waals surface area contributed by atoms with Gasteiger partial charge >= 0.3 is 0 Å². The lowest BCUT2D eigenvalue weighted by atomic mass is 9.82. The van der Waals surface area contributed by atoms with Gasteiger partial charge in [-0.15, -0.1) is 0 Å². The number of hydrogen-bond donors (Lipinski definition) is 1. The van der Waals surface area contributed by atoms with Crippen LogP contribution in [-0.2, 0) is 0 Å². The molecular weight excluding hydrogens is 215 g/mol. The lowest BCUT2D eigenvalue weighted by Gasteiger charge is -2.27. The van der Waals surface area contributed by atoms with Crippen molar-refractivity contribution in [3.63, 3.8) is 0 Å². The summed E-state index contributed by atoms with van der Waals surface area (Å²) >= 11 is 0. The van der Waals surface area contributed by atoms with E-state index >= 15 is 0 Å². The fourth-order valence-corrected chi connectivity index (χ4v) is 1.35. The van der Waals surface area contributed by atoms with Gasteiger partial charge in [-0.1, -0.05) is 33.8 Å². The molecule has 0 spiro atoms. The van der Waals surface area contributed by atoms with Crippen LogP contribution in [0.1, 0.15) is 33.3 Å². The van der Waals surface area contributed by atoms with Crippen molar-refractivity contribution < 1.29 is 4.39 Å². The van der Waals surface area contributed by atoms with Crippen molar-refractivity contribution >= 4 is 5.69 Å². The molecule has 0 saturated carbocycles. The van der Waals surface area contributed by atoms with Gasteiger partial charge in [0.15, 0.2) is 0 Å². The Bertz CT molecular complexity index is 427. The molecule has 0 aliphatic heterocycles. The first-order chi connectivity index (χ1) is 7.86. The first-order valence-electron chi connectivity index (χ1n) is 5.78. The summed E-state index contributed by atoms with van der Waals surface area (Å²) in [6.07, 6.45) is 0. The molecule has 1 N–H and O–H groups in total. The van der Waals surface area contributed by atoms with E-state index in [4.69, 9.17) is 5.26 Å². The van der Waals surface area contributed by atoms with Crippen molar-refractivity contribution in [1.29, 1.82) is 5.26 Å². The monoisotopic (exact) mass is 234 g/mol. The molecule has 17 heavy (non-hydrogen) atoms. The van der Waals surface area contributed by atoms with Crippen molar-refractivity contribution in [3.05, 3.63) is 29.6 Å². The minimum Gasteiger partial charge on any atom is -0.384 e. The van der Waals surface area contributed by atoms with Crippen LogP contribution in [0.2, 0.25) is 0 Å². The molecule has 2 nitrogen and oxygen atoms in total. The minimum absolute atomic E-state index is 0.0913. The first kappa shape index (κ1) is 13.5. The van der Waals surface area contributed by atoms with Gasteiger partial charge in [0.05, 0.1) is 5.69 Å². The molecule has 0 aromatic heterocycles. The second-order valence-corrected chi connectivity index (χ2v) is 5.42. The molecule has 92 valence electrons. The zero-order valence-corrected chi connectivity index (χ0v) is 10.8. The zero-order chi connectivity index (χ0) is 13.1. The molecule has 0 saturated heterocycles. The van der Waals surface area contributed by atoms with Gasteiger partial charge < -0.3 is 5.32 Å². The summed E-state index contributed by atoms with van der Waals surface area (Å²) < 4.78 is 13.3. The van der Waals surface area contributed by atoms with Crippen molar-refractivity contribution in [2.24, 2.45) is 11.3 Å². The SMILES string of the molecule is CC(CNc1cccc(F)c1C#N)C(C)(C)C. The number of benzene rings is 1. The van der Waals surface area contributed by atoms with Crippen LogP contribution in [0.25, 0.3) is 0 Å². The highest BCUT2D eigenvalue weighted by molar-refractivity contribution is 5.57. The molecule has 1 aromatic rings. The van der Waals surface area contributed by atoms with Crippen LogP contribution in [-0.4, -0.2) is 6.54 Å². The quantitative estimate of drug-likeness (QED) is 0.863. The Morgan fingerprint density at radius 3 is 2.59 bits per heavy atom. The molecule has 0 aliphatic rings. The Morgan fingerprint density at radius 1 is 1.41 bits per heavy atom. The lowest BCUT2D eigenvalue weighted by molar-refractivity contribution is 0.274. The molecule has 1 rings (SSSR count). The Morgan fingerprint density at radius 2 is 2.06 bits per heavy atom. The van der Waals surface area contributed by atoms with E-state index in [0.29, 0.717) is 11.6 Å². The predicted octanol–water partition coefficient (Wildman–Crippen LogP) is 3.79. The van der Waals surface area contributed by atoms with Crippen LogP contribution >= 0.6 is 0 Å². The van der Waals surface area contributed by atoms with Crippen molar-refractivity contribution in [1.82, 2.24) is 0 Å². The van der Waals surface area contributed by atoms with E-state index in [2.05, 4.69) is 33.0 Å². The number of anilines is 1. The Hall–Kier alpha value is -1.56. The van der Waals surface area contributed by atoms with Crippen LogP contribution in [0.3, 0.4) is 0 Å². The maximum absolute atomic E-state index is 13.3. The van der Waals surface area contributed by atoms with E-state index in [0.717, 1.165) is 6.54 Å². The van der Waals surface area contributed by atoms with Crippen LogP contribution < -0.4 is 5.32 Å². The third-order valence-corrected chi connectivity index (χ3v) is 3.20. The summed E-state index contributed by atoms with van der Waals surface area (Å²) in [6.45, 7) is 9.35. The molecule has 1 aromatic carbocycles. The molecule has 0 heterocycles. The topological polar surface area (TPSA) is 35.8 Å². The molecule has 3 heteroatoms. The second kappa shape index (κ2) is 5.18. The zero-order valence-electron chi connectivity index (χ0n) is 10.8. The number of nitrogens with one attached hydrogen (secondary N) is 1. The van der Waals surface area contributed by atoms with Crippen LogP contribution in [0.5, 0.6) is 0 Å². The Labute approximate surface area is 102 Å². The molecule has 0 fully saturated rings. The van der Waals surface area contributed by atoms with E-state index in [-0.39, 0.29) is 11.0 Å². The van der Waals surface area contributed by atoms with E-state index in [9.17, 15) is 4.39 Å². The lowest BCUT2D eigenvalue weighted by Crippen LogP contribution is -2.25. The van der Waals surface area contributed by atoms with Gasteiger partial charge in [0, 0.05) is 6.54 Å². The average Bonchev–Trinajstić information content (AvgIpc) is 2.24. The third-order valence-electron chi connectivity index (χ3n) is 3.20. The number of hydrogen-bond acceptors (Lipinski definition) is 2. The summed E-state index contributed by atoms with van der Waals surface area (Å²) in [4.78, 5) is 0. The smallest absolute Gasteiger partial charge is 0.143 e. The van der Waals surface area contributed by atoms with Gasteiger partial charge in [-0.25, -0.2) is 4.39 Å². The molecule has 0 bridgehead atoms. The van der Waals surface area contributed by atoms with E-state index in [1.54, 1.807) is 12.1 Å². The normalized spacial score (nSPS) is 12.9. The summed E-state index contributed by atoms with van der Waals surface area (Å²) in [5, 5.41) is 12.0. The van der Waals surface area contributed by atoms with E-state index in [1.807, 2.05) is 6.07 Å². The Balaban J connectivity index is 2.78. The Kier molecular flexibility index (Phi) is 4.11.